The Bertz CT molecular complexity index is 516. The molecule has 0 aliphatic carbocycles. The van der Waals surface area contributed by atoms with Crippen molar-refractivity contribution in [2.75, 3.05) is 20.5 Å². The second-order valence-corrected chi connectivity index (χ2v) is 4.21. The molecule has 7 heteroatoms. The first-order valence-corrected chi connectivity index (χ1v) is 6.04. The molecule has 7 nitrogen and oxygen atoms in total. The molecular formula is C13H15NO6. The zero-order chi connectivity index (χ0) is 14.5. The summed E-state index contributed by atoms with van der Waals surface area (Å²) in [5, 5.41) is 11.5. The molecule has 1 amide bonds. The third-order valence-electron chi connectivity index (χ3n) is 2.85. The summed E-state index contributed by atoms with van der Waals surface area (Å²) in [6.45, 7) is 0.365. The number of amides is 1. The van der Waals surface area contributed by atoms with Crippen LogP contribution in [0, 0.1) is 0 Å². The Balaban J connectivity index is 2.04. The van der Waals surface area contributed by atoms with Gasteiger partial charge in [-0.1, -0.05) is 0 Å². The summed E-state index contributed by atoms with van der Waals surface area (Å²) in [6.07, 6.45) is 0.197. The summed E-state index contributed by atoms with van der Waals surface area (Å²) in [5.41, 5.74) is 0.318. The fraction of sp³-hybridized carbons (Fsp3) is 0.385. The number of rotatable bonds is 6. The quantitative estimate of drug-likeness (QED) is 0.794. The Morgan fingerprint density at radius 3 is 2.85 bits per heavy atom. The van der Waals surface area contributed by atoms with Crippen LogP contribution in [0.15, 0.2) is 18.2 Å². The Morgan fingerprint density at radius 1 is 1.40 bits per heavy atom. The van der Waals surface area contributed by atoms with Gasteiger partial charge in [-0.3, -0.25) is 4.79 Å². The first kappa shape index (κ1) is 14.1. The Kier molecular flexibility index (Phi) is 4.41. The van der Waals surface area contributed by atoms with Gasteiger partial charge in [-0.25, -0.2) is 4.79 Å². The molecule has 0 spiro atoms. The van der Waals surface area contributed by atoms with E-state index < -0.39 is 17.9 Å². The van der Waals surface area contributed by atoms with E-state index in [4.69, 9.17) is 19.3 Å². The van der Waals surface area contributed by atoms with Crippen LogP contribution >= 0.6 is 0 Å². The number of hydrogen-bond acceptors (Lipinski definition) is 5. The molecule has 0 bridgehead atoms. The average molecular weight is 281 g/mol. The van der Waals surface area contributed by atoms with Crippen LogP contribution in [0.4, 0.5) is 0 Å². The lowest BCUT2D eigenvalue weighted by molar-refractivity contribution is -0.139. The minimum Gasteiger partial charge on any atom is -0.480 e. The highest BCUT2D eigenvalue weighted by atomic mass is 16.7. The number of carboxylic acids is 1. The van der Waals surface area contributed by atoms with Gasteiger partial charge in [0.05, 0.1) is 0 Å². The van der Waals surface area contributed by atoms with Gasteiger partial charge in [-0.15, -0.1) is 0 Å². The number of methoxy groups -OCH3 is 1. The molecule has 1 aromatic rings. The summed E-state index contributed by atoms with van der Waals surface area (Å²) in [6, 6.07) is 3.69. The van der Waals surface area contributed by atoms with Crippen LogP contribution in [0.1, 0.15) is 16.8 Å². The highest BCUT2D eigenvalue weighted by Crippen LogP contribution is 2.32. The largest absolute Gasteiger partial charge is 0.480 e. The number of benzene rings is 1. The van der Waals surface area contributed by atoms with E-state index in [-0.39, 0.29) is 19.8 Å². The minimum absolute atomic E-state index is 0.117. The summed E-state index contributed by atoms with van der Waals surface area (Å²) in [4.78, 5) is 23.1. The molecule has 1 unspecified atom stereocenters. The van der Waals surface area contributed by atoms with E-state index in [1.54, 1.807) is 12.1 Å². The Hall–Kier alpha value is -2.28. The maximum atomic E-state index is 12.0. The van der Waals surface area contributed by atoms with Gasteiger partial charge in [0, 0.05) is 25.7 Å². The molecule has 0 aromatic heterocycles. The van der Waals surface area contributed by atoms with E-state index in [1.165, 1.54) is 13.2 Å². The van der Waals surface area contributed by atoms with Crippen molar-refractivity contribution in [3.8, 4) is 11.5 Å². The topological polar surface area (TPSA) is 94.1 Å². The van der Waals surface area contributed by atoms with Crippen molar-refractivity contribution in [3.63, 3.8) is 0 Å². The molecule has 2 rings (SSSR count). The normalized spacial score (nSPS) is 13.8. The van der Waals surface area contributed by atoms with Gasteiger partial charge >= 0.3 is 5.97 Å². The van der Waals surface area contributed by atoms with E-state index in [0.29, 0.717) is 17.1 Å². The van der Waals surface area contributed by atoms with Crippen LogP contribution in [-0.2, 0) is 9.53 Å². The van der Waals surface area contributed by atoms with Gasteiger partial charge in [-0.05, 0) is 18.2 Å². The van der Waals surface area contributed by atoms with Crippen molar-refractivity contribution in [2.45, 2.75) is 12.5 Å². The second-order valence-electron chi connectivity index (χ2n) is 4.21. The zero-order valence-corrected chi connectivity index (χ0v) is 10.9. The Morgan fingerprint density at radius 2 is 2.15 bits per heavy atom. The molecule has 0 radical (unpaired) electrons. The van der Waals surface area contributed by atoms with Crippen LogP contribution in [0.3, 0.4) is 0 Å². The number of ether oxygens (including phenoxy) is 3. The molecule has 20 heavy (non-hydrogen) atoms. The predicted molar refractivity (Wildman–Crippen MR) is 67.9 cm³/mol. The van der Waals surface area contributed by atoms with Crippen LogP contribution < -0.4 is 14.8 Å². The number of carbonyl (C=O) groups is 2. The molecule has 0 fully saturated rings. The number of hydrogen-bond donors (Lipinski definition) is 2. The molecule has 108 valence electrons. The number of nitrogens with one attached hydrogen (secondary N) is 1. The third kappa shape index (κ3) is 3.18. The first-order chi connectivity index (χ1) is 9.61. The number of carboxylic acid groups (broad SMARTS) is 1. The fourth-order valence-corrected chi connectivity index (χ4v) is 1.77. The number of carbonyl (C=O) groups excluding carboxylic acids is 1. The predicted octanol–water partition coefficient (Wildman–Crippen LogP) is 0.635. The summed E-state index contributed by atoms with van der Waals surface area (Å²) < 4.78 is 15.1. The molecule has 1 aliphatic heterocycles. The van der Waals surface area contributed by atoms with E-state index in [2.05, 4.69) is 5.32 Å². The average Bonchev–Trinajstić information content (AvgIpc) is 2.90. The van der Waals surface area contributed by atoms with Crippen molar-refractivity contribution in [3.05, 3.63) is 23.8 Å². The Labute approximate surface area is 115 Å². The molecule has 1 aliphatic rings. The highest BCUT2D eigenvalue weighted by Gasteiger charge is 2.22. The number of aliphatic carboxylic acids is 1. The molecule has 0 saturated carbocycles. The van der Waals surface area contributed by atoms with E-state index in [0.717, 1.165) is 0 Å². The first-order valence-electron chi connectivity index (χ1n) is 6.04. The molecule has 1 heterocycles. The molecule has 1 aromatic carbocycles. The summed E-state index contributed by atoms with van der Waals surface area (Å²) in [7, 11) is 1.47. The second kappa shape index (κ2) is 6.25. The van der Waals surface area contributed by atoms with E-state index in [9.17, 15) is 9.59 Å². The van der Waals surface area contributed by atoms with Gasteiger partial charge in [0.25, 0.3) is 5.91 Å². The summed E-state index contributed by atoms with van der Waals surface area (Å²) >= 11 is 0. The zero-order valence-electron chi connectivity index (χ0n) is 10.9. The van der Waals surface area contributed by atoms with Gasteiger partial charge in [0.2, 0.25) is 6.79 Å². The van der Waals surface area contributed by atoms with Gasteiger partial charge in [0.15, 0.2) is 11.5 Å². The van der Waals surface area contributed by atoms with Crippen LogP contribution in [-0.4, -0.2) is 43.5 Å². The maximum Gasteiger partial charge on any atom is 0.326 e. The lowest BCUT2D eigenvalue weighted by Gasteiger charge is -2.14. The van der Waals surface area contributed by atoms with E-state index in [1.807, 2.05) is 0 Å². The third-order valence-corrected chi connectivity index (χ3v) is 2.85. The van der Waals surface area contributed by atoms with Crippen molar-refractivity contribution in [1.29, 1.82) is 0 Å². The monoisotopic (exact) mass is 281 g/mol. The molecule has 1 atom stereocenters. The van der Waals surface area contributed by atoms with Gasteiger partial charge in [0.1, 0.15) is 6.04 Å². The van der Waals surface area contributed by atoms with Crippen molar-refractivity contribution < 1.29 is 28.9 Å². The molecule has 2 N–H and O–H groups in total. The molecule has 0 saturated heterocycles. The van der Waals surface area contributed by atoms with Crippen molar-refractivity contribution in [2.24, 2.45) is 0 Å². The van der Waals surface area contributed by atoms with Crippen LogP contribution in [0.25, 0.3) is 0 Å². The van der Waals surface area contributed by atoms with Crippen molar-refractivity contribution >= 4 is 11.9 Å². The lowest BCUT2D eigenvalue weighted by Crippen LogP contribution is -2.41. The SMILES string of the molecule is COCCC(NC(=O)c1ccc2c(c1)OCO2)C(=O)O. The maximum absolute atomic E-state index is 12.0. The minimum atomic E-state index is -1.10. The highest BCUT2D eigenvalue weighted by molar-refractivity contribution is 5.97. The van der Waals surface area contributed by atoms with Gasteiger partial charge < -0.3 is 24.6 Å². The van der Waals surface area contributed by atoms with Crippen LogP contribution in [0.5, 0.6) is 11.5 Å². The van der Waals surface area contributed by atoms with Crippen LogP contribution in [0.2, 0.25) is 0 Å². The smallest absolute Gasteiger partial charge is 0.326 e. The summed E-state index contributed by atoms with van der Waals surface area (Å²) in [5.74, 6) is -0.542. The van der Waals surface area contributed by atoms with E-state index >= 15 is 0 Å². The number of fused-ring (bicyclic) bond motifs is 1. The molecular weight excluding hydrogens is 266 g/mol. The fourth-order valence-electron chi connectivity index (χ4n) is 1.77. The van der Waals surface area contributed by atoms with Crippen molar-refractivity contribution in [1.82, 2.24) is 5.32 Å². The standard InChI is InChI=1S/C13H15NO6/c1-18-5-4-9(13(16)17)14-12(15)8-2-3-10-11(6-8)20-7-19-10/h2-3,6,9H,4-5,7H2,1H3,(H,14,15)(H,16,17). The lowest BCUT2D eigenvalue weighted by atomic mass is 10.1. The van der Waals surface area contributed by atoms with Gasteiger partial charge in [-0.2, -0.15) is 0 Å².